The second-order valence-corrected chi connectivity index (χ2v) is 7.64. The Morgan fingerprint density at radius 3 is 2.12 bits per heavy atom. The molecule has 0 spiro atoms. The van der Waals surface area contributed by atoms with E-state index in [2.05, 4.69) is 27.2 Å². The summed E-state index contributed by atoms with van der Waals surface area (Å²) in [7, 11) is 0. The number of hydrogen-bond acceptors (Lipinski definition) is 3. The van der Waals surface area contributed by atoms with Gasteiger partial charge in [0.25, 0.3) is 5.91 Å². The molecular formula is C20H29N3O. The van der Waals surface area contributed by atoms with Gasteiger partial charge in [0.2, 0.25) is 0 Å². The van der Waals surface area contributed by atoms with Crippen LogP contribution >= 0.6 is 0 Å². The van der Waals surface area contributed by atoms with E-state index in [1.807, 2.05) is 12.1 Å². The van der Waals surface area contributed by atoms with Crippen molar-refractivity contribution in [1.29, 1.82) is 0 Å². The largest absolute Gasteiger partial charge is 0.372 e. The fourth-order valence-corrected chi connectivity index (χ4v) is 4.57. The first kappa shape index (κ1) is 15.9. The third-order valence-electron chi connectivity index (χ3n) is 6.14. The topological polar surface area (TPSA) is 35.6 Å². The summed E-state index contributed by atoms with van der Waals surface area (Å²) >= 11 is 0. The molecule has 3 aliphatic rings. The molecule has 0 aromatic heterocycles. The van der Waals surface area contributed by atoms with Crippen molar-refractivity contribution in [2.75, 3.05) is 44.2 Å². The molecular weight excluding hydrogens is 298 g/mol. The van der Waals surface area contributed by atoms with E-state index in [9.17, 15) is 4.79 Å². The van der Waals surface area contributed by atoms with Crippen LogP contribution in [0.5, 0.6) is 0 Å². The molecule has 3 aliphatic heterocycles. The molecule has 0 bridgehead atoms. The van der Waals surface area contributed by atoms with Crippen molar-refractivity contribution in [3.63, 3.8) is 0 Å². The van der Waals surface area contributed by atoms with Crippen molar-refractivity contribution in [3.05, 3.63) is 29.8 Å². The van der Waals surface area contributed by atoms with Crippen LogP contribution in [0.1, 0.15) is 42.5 Å². The van der Waals surface area contributed by atoms with E-state index >= 15 is 0 Å². The van der Waals surface area contributed by atoms with Gasteiger partial charge in [-0.25, -0.2) is 0 Å². The van der Waals surface area contributed by atoms with Crippen LogP contribution in [0.2, 0.25) is 0 Å². The predicted octanol–water partition coefficient (Wildman–Crippen LogP) is 2.75. The van der Waals surface area contributed by atoms with Crippen LogP contribution in [0.15, 0.2) is 24.3 Å². The highest BCUT2D eigenvalue weighted by atomic mass is 16.2. The minimum Gasteiger partial charge on any atom is -0.372 e. The Morgan fingerprint density at radius 2 is 1.50 bits per heavy atom. The average Bonchev–Trinajstić information content (AvgIpc) is 3.00. The molecule has 130 valence electrons. The Hall–Kier alpha value is -1.55. The molecule has 4 nitrogen and oxygen atoms in total. The summed E-state index contributed by atoms with van der Waals surface area (Å²) in [5, 5.41) is 3.50. The molecule has 3 saturated heterocycles. The lowest BCUT2D eigenvalue weighted by molar-refractivity contribution is 0.0758. The van der Waals surface area contributed by atoms with E-state index in [1.165, 1.54) is 24.9 Å². The maximum absolute atomic E-state index is 12.9. The number of carbonyl (C=O) groups excluding carboxylic acids is 1. The van der Waals surface area contributed by atoms with Gasteiger partial charge in [0.05, 0.1) is 0 Å². The first-order chi connectivity index (χ1) is 11.8. The van der Waals surface area contributed by atoms with Gasteiger partial charge in [0.1, 0.15) is 0 Å². The van der Waals surface area contributed by atoms with Crippen LogP contribution in [0.3, 0.4) is 0 Å². The Morgan fingerprint density at radius 1 is 0.875 bits per heavy atom. The van der Waals surface area contributed by atoms with Gasteiger partial charge in [0, 0.05) is 37.4 Å². The van der Waals surface area contributed by atoms with E-state index in [1.54, 1.807) is 0 Å². The third-order valence-corrected chi connectivity index (χ3v) is 6.14. The van der Waals surface area contributed by atoms with Gasteiger partial charge in [-0.2, -0.15) is 0 Å². The van der Waals surface area contributed by atoms with Crippen molar-refractivity contribution < 1.29 is 4.79 Å². The lowest BCUT2D eigenvalue weighted by Crippen LogP contribution is -2.33. The van der Waals surface area contributed by atoms with Crippen molar-refractivity contribution in [2.45, 2.75) is 32.1 Å². The molecule has 0 radical (unpaired) electrons. The van der Waals surface area contributed by atoms with E-state index in [0.717, 1.165) is 69.5 Å². The molecule has 4 heteroatoms. The van der Waals surface area contributed by atoms with Gasteiger partial charge in [-0.15, -0.1) is 0 Å². The van der Waals surface area contributed by atoms with Crippen LogP contribution in [-0.2, 0) is 0 Å². The first-order valence-electron chi connectivity index (χ1n) is 9.66. The van der Waals surface area contributed by atoms with Crippen LogP contribution in [0, 0.1) is 11.8 Å². The number of benzene rings is 1. The van der Waals surface area contributed by atoms with Crippen LogP contribution in [0.25, 0.3) is 0 Å². The summed E-state index contributed by atoms with van der Waals surface area (Å²) in [5.41, 5.74) is 2.11. The molecule has 2 atom stereocenters. The Bertz CT molecular complexity index is 551. The SMILES string of the molecule is O=C(c1ccc(N2CCCCC2)cc1)N1CC[C@@H]2CNC[C@@H]2CC1. The van der Waals surface area contributed by atoms with Crippen molar-refractivity contribution in [3.8, 4) is 0 Å². The number of amides is 1. The molecule has 1 aromatic rings. The Balaban J connectivity index is 1.40. The maximum Gasteiger partial charge on any atom is 0.253 e. The predicted molar refractivity (Wildman–Crippen MR) is 97.5 cm³/mol. The monoisotopic (exact) mass is 327 g/mol. The van der Waals surface area contributed by atoms with Gasteiger partial charge in [-0.1, -0.05) is 0 Å². The van der Waals surface area contributed by atoms with Gasteiger partial charge >= 0.3 is 0 Å². The average molecular weight is 327 g/mol. The second kappa shape index (κ2) is 7.14. The minimum atomic E-state index is 0.216. The van der Waals surface area contributed by atoms with E-state index in [4.69, 9.17) is 0 Å². The summed E-state index contributed by atoms with van der Waals surface area (Å²) in [6.45, 7) is 6.39. The second-order valence-electron chi connectivity index (χ2n) is 7.64. The highest BCUT2D eigenvalue weighted by Gasteiger charge is 2.31. The zero-order valence-electron chi connectivity index (χ0n) is 14.5. The van der Waals surface area contributed by atoms with Crippen molar-refractivity contribution >= 4 is 11.6 Å². The quantitative estimate of drug-likeness (QED) is 0.907. The number of carbonyl (C=O) groups is 1. The Kier molecular flexibility index (Phi) is 4.74. The van der Waals surface area contributed by atoms with Crippen molar-refractivity contribution in [1.82, 2.24) is 10.2 Å². The summed E-state index contributed by atoms with van der Waals surface area (Å²) in [6.07, 6.45) is 6.21. The molecule has 1 amide bonds. The zero-order chi connectivity index (χ0) is 16.4. The lowest BCUT2D eigenvalue weighted by atomic mass is 9.92. The van der Waals surface area contributed by atoms with E-state index in [-0.39, 0.29) is 5.91 Å². The standard InChI is InChI=1S/C20H29N3O/c24-20(23-12-8-17-14-21-15-18(17)9-13-23)16-4-6-19(7-5-16)22-10-2-1-3-11-22/h4-7,17-18,21H,1-3,8-15H2/t17-,18+. The molecule has 0 aliphatic carbocycles. The molecule has 0 saturated carbocycles. The molecule has 1 aromatic carbocycles. The number of hydrogen-bond donors (Lipinski definition) is 1. The van der Waals surface area contributed by atoms with E-state index < -0.39 is 0 Å². The first-order valence-corrected chi connectivity index (χ1v) is 9.66. The highest BCUT2D eigenvalue weighted by Crippen LogP contribution is 2.28. The molecule has 24 heavy (non-hydrogen) atoms. The number of piperidine rings is 1. The van der Waals surface area contributed by atoms with Crippen LogP contribution < -0.4 is 10.2 Å². The molecule has 3 fully saturated rings. The van der Waals surface area contributed by atoms with Gasteiger partial charge in [-0.05, 0) is 81.3 Å². The normalized spacial score (nSPS) is 27.7. The van der Waals surface area contributed by atoms with Gasteiger partial charge < -0.3 is 15.1 Å². The summed E-state index contributed by atoms with van der Waals surface area (Å²) in [4.78, 5) is 17.4. The number of rotatable bonds is 2. The van der Waals surface area contributed by atoms with E-state index in [0.29, 0.717) is 0 Å². The van der Waals surface area contributed by atoms with Crippen LogP contribution in [-0.4, -0.2) is 50.1 Å². The summed E-state index contributed by atoms with van der Waals surface area (Å²) in [6, 6.07) is 8.32. The summed E-state index contributed by atoms with van der Waals surface area (Å²) in [5.74, 6) is 1.75. The fraction of sp³-hybridized carbons (Fsp3) is 0.650. The van der Waals surface area contributed by atoms with Crippen molar-refractivity contribution in [2.24, 2.45) is 11.8 Å². The van der Waals surface area contributed by atoms with Gasteiger partial charge in [0.15, 0.2) is 0 Å². The molecule has 1 N–H and O–H groups in total. The Labute approximate surface area is 145 Å². The fourth-order valence-electron chi connectivity index (χ4n) is 4.57. The number of fused-ring (bicyclic) bond motifs is 1. The number of likely N-dealkylation sites (tertiary alicyclic amines) is 1. The zero-order valence-corrected chi connectivity index (χ0v) is 14.5. The molecule has 0 unspecified atom stereocenters. The maximum atomic E-state index is 12.9. The molecule has 4 rings (SSSR count). The molecule has 3 heterocycles. The number of anilines is 1. The number of nitrogens with zero attached hydrogens (tertiary/aromatic N) is 2. The van der Waals surface area contributed by atoms with Crippen LogP contribution in [0.4, 0.5) is 5.69 Å². The lowest BCUT2D eigenvalue weighted by Gasteiger charge is -2.29. The smallest absolute Gasteiger partial charge is 0.253 e. The summed E-state index contributed by atoms with van der Waals surface area (Å²) < 4.78 is 0. The highest BCUT2D eigenvalue weighted by molar-refractivity contribution is 5.94. The van der Waals surface area contributed by atoms with Gasteiger partial charge in [-0.3, -0.25) is 4.79 Å². The number of nitrogens with one attached hydrogen (secondary N) is 1. The minimum absolute atomic E-state index is 0.216. The third kappa shape index (κ3) is 3.30.